The number of hydrogen-bond acceptors (Lipinski definition) is 3. The molecule has 18 heavy (non-hydrogen) atoms. The van der Waals surface area contributed by atoms with E-state index >= 15 is 0 Å². The lowest BCUT2D eigenvalue weighted by Gasteiger charge is -1.91. The van der Waals surface area contributed by atoms with Gasteiger partial charge in [0.05, 0.1) is 5.52 Å². The Labute approximate surface area is 116 Å². The third-order valence-corrected chi connectivity index (χ3v) is 2.79. The van der Waals surface area contributed by atoms with Gasteiger partial charge in [-0.15, -0.1) is 0 Å². The molecule has 3 aromatic rings. The van der Waals surface area contributed by atoms with Crippen molar-refractivity contribution in [1.29, 1.82) is 0 Å². The zero-order chi connectivity index (χ0) is 13.2. The van der Waals surface area contributed by atoms with Gasteiger partial charge in [-0.2, -0.15) is 4.37 Å². The van der Waals surface area contributed by atoms with E-state index in [4.69, 9.17) is 11.6 Å². The molecule has 94 valence electrons. The lowest BCUT2D eigenvalue weighted by molar-refractivity contribution is 1.41. The molecular formula is C14H15ClN2S. The molecule has 0 spiro atoms. The Balaban J connectivity index is 0.000000174. The zero-order valence-corrected chi connectivity index (χ0v) is 11.9. The first-order valence-electron chi connectivity index (χ1n) is 5.72. The van der Waals surface area contributed by atoms with E-state index in [1.807, 2.05) is 49.7 Å². The van der Waals surface area contributed by atoms with Crippen molar-refractivity contribution < 1.29 is 0 Å². The molecule has 4 heteroatoms. The van der Waals surface area contributed by atoms with Crippen LogP contribution in [0.5, 0.6) is 0 Å². The molecule has 0 N–H and O–H groups in total. The molecule has 0 saturated carbocycles. The maximum Gasteiger partial charge on any atom is 0.142 e. The van der Waals surface area contributed by atoms with Crippen molar-refractivity contribution >= 4 is 34.0 Å². The van der Waals surface area contributed by atoms with Gasteiger partial charge in [0.25, 0.3) is 0 Å². The van der Waals surface area contributed by atoms with Gasteiger partial charge in [-0.3, -0.25) is 4.98 Å². The topological polar surface area (TPSA) is 25.8 Å². The zero-order valence-electron chi connectivity index (χ0n) is 10.4. The van der Waals surface area contributed by atoms with E-state index in [9.17, 15) is 0 Å². The maximum atomic E-state index is 5.35. The fourth-order valence-corrected chi connectivity index (χ4v) is 1.88. The summed E-state index contributed by atoms with van der Waals surface area (Å²) in [4.78, 5) is 4.18. The molecule has 1 aromatic carbocycles. The Morgan fingerprint density at radius 2 is 1.72 bits per heavy atom. The lowest BCUT2D eigenvalue weighted by atomic mass is 10.2. The summed E-state index contributed by atoms with van der Waals surface area (Å²) in [7, 11) is 0. The number of fused-ring (bicyclic) bond motifs is 1. The van der Waals surface area contributed by atoms with Gasteiger partial charge in [0.1, 0.15) is 5.15 Å². The molecular weight excluding hydrogens is 264 g/mol. The van der Waals surface area contributed by atoms with E-state index in [2.05, 4.69) is 21.5 Å². The van der Waals surface area contributed by atoms with E-state index < -0.39 is 0 Å². The van der Waals surface area contributed by atoms with E-state index in [0.717, 1.165) is 5.52 Å². The predicted molar refractivity (Wildman–Crippen MR) is 80.2 cm³/mol. The second-order valence-electron chi connectivity index (χ2n) is 3.02. The molecule has 0 aliphatic heterocycles. The smallest absolute Gasteiger partial charge is 0.142 e. The van der Waals surface area contributed by atoms with Crippen molar-refractivity contribution in [2.45, 2.75) is 13.8 Å². The Morgan fingerprint density at radius 3 is 2.28 bits per heavy atom. The maximum absolute atomic E-state index is 5.35. The molecule has 0 aliphatic rings. The van der Waals surface area contributed by atoms with Crippen molar-refractivity contribution in [3.05, 3.63) is 59.2 Å². The van der Waals surface area contributed by atoms with Crippen LogP contribution in [0.25, 0.3) is 10.9 Å². The van der Waals surface area contributed by atoms with Gasteiger partial charge >= 0.3 is 0 Å². The minimum Gasteiger partial charge on any atom is -0.256 e. The normalized spacial score (nSPS) is 8.83. The van der Waals surface area contributed by atoms with E-state index in [1.165, 1.54) is 16.9 Å². The van der Waals surface area contributed by atoms with Crippen molar-refractivity contribution in [3.8, 4) is 0 Å². The fraction of sp³-hybridized carbons (Fsp3) is 0.143. The Kier molecular flexibility index (Phi) is 6.99. The number of aromatic nitrogens is 2. The van der Waals surface area contributed by atoms with Gasteiger partial charge in [0.2, 0.25) is 0 Å². The van der Waals surface area contributed by atoms with Crippen LogP contribution in [0, 0.1) is 0 Å². The fourth-order valence-electron chi connectivity index (χ4n) is 1.21. The largest absolute Gasteiger partial charge is 0.256 e. The van der Waals surface area contributed by atoms with E-state index in [1.54, 1.807) is 6.07 Å². The van der Waals surface area contributed by atoms with E-state index in [-0.39, 0.29) is 0 Å². The summed E-state index contributed by atoms with van der Waals surface area (Å²) in [5.41, 5.74) is 1.06. The quantitative estimate of drug-likeness (QED) is 0.574. The SMILES string of the molecule is CC.Clc1ccsn1.c1ccc2ncccc2c1. The second-order valence-corrected chi connectivity index (χ2v) is 4.07. The molecule has 0 saturated heterocycles. The number of halogens is 1. The molecule has 2 aromatic heterocycles. The van der Waals surface area contributed by atoms with Crippen LogP contribution in [0.3, 0.4) is 0 Å². The standard InChI is InChI=1S/C9H7N.C3H2ClNS.C2H6/c1-2-6-9-8(4-1)5-3-7-10-9;4-3-1-2-6-5-3;1-2/h1-7H;1-2H;1-2H3. The highest BCUT2D eigenvalue weighted by Crippen LogP contribution is 2.07. The average molecular weight is 279 g/mol. The third kappa shape index (κ3) is 4.82. The van der Waals surface area contributed by atoms with Gasteiger partial charge in [0.15, 0.2) is 0 Å². The Morgan fingerprint density at radius 1 is 1.00 bits per heavy atom. The van der Waals surface area contributed by atoms with Gasteiger partial charge in [0, 0.05) is 17.0 Å². The average Bonchev–Trinajstić information content (AvgIpc) is 2.93. The predicted octanol–water partition coefficient (Wildman–Crippen LogP) is 5.06. The number of rotatable bonds is 0. The summed E-state index contributed by atoms with van der Waals surface area (Å²) in [6.45, 7) is 4.00. The van der Waals surface area contributed by atoms with Crippen LogP contribution in [-0.2, 0) is 0 Å². The second kappa shape index (κ2) is 8.61. The number of benzene rings is 1. The minimum atomic E-state index is 0.583. The van der Waals surface area contributed by atoms with Crippen LogP contribution in [0.4, 0.5) is 0 Å². The first-order chi connectivity index (χ1) is 8.86. The number of para-hydroxylation sites is 1. The number of nitrogens with zero attached hydrogens (tertiary/aromatic N) is 2. The molecule has 0 aliphatic carbocycles. The highest BCUT2D eigenvalue weighted by Gasteiger charge is 1.86. The van der Waals surface area contributed by atoms with Crippen molar-refractivity contribution in [1.82, 2.24) is 9.36 Å². The first-order valence-corrected chi connectivity index (χ1v) is 6.93. The van der Waals surface area contributed by atoms with Crippen LogP contribution < -0.4 is 0 Å². The number of hydrogen-bond donors (Lipinski definition) is 0. The summed E-state index contributed by atoms with van der Waals surface area (Å²) in [6, 6.07) is 13.8. The molecule has 0 radical (unpaired) electrons. The van der Waals surface area contributed by atoms with Crippen molar-refractivity contribution in [2.75, 3.05) is 0 Å². The van der Waals surface area contributed by atoms with Crippen LogP contribution in [0.2, 0.25) is 5.15 Å². The van der Waals surface area contributed by atoms with Gasteiger partial charge < -0.3 is 0 Å². The van der Waals surface area contributed by atoms with Crippen molar-refractivity contribution in [3.63, 3.8) is 0 Å². The summed E-state index contributed by atoms with van der Waals surface area (Å²) in [5.74, 6) is 0. The van der Waals surface area contributed by atoms with Crippen LogP contribution >= 0.6 is 23.1 Å². The first kappa shape index (κ1) is 14.6. The minimum absolute atomic E-state index is 0.583. The Hall–Kier alpha value is -1.45. The summed E-state index contributed by atoms with van der Waals surface area (Å²) in [6.07, 6.45) is 1.81. The Bertz CT molecular complexity index is 487. The van der Waals surface area contributed by atoms with Crippen LogP contribution in [-0.4, -0.2) is 9.36 Å². The van der Waals surface area contributed by atoms with Crippen LogP contribution in [0.15, 0.2) is 54.0 Å². The van der Waals surface area contributed by atoms with E-state index in [0.29, 0.717) is 5.15 Å². The summed E-state index contributed by atoms with van der Waals surface area (Å²) in [5, 5.41) is 3.62. The van der Waals surface area contributed by atoms with Gasteiger partial charge in [-0.1, -0.05) is 49.7 Å². The molecule has 2 heterocycles. The molecule has 0 fully saturated rings. The molecule has 0 amide bonds. The lowest BCUT2D eigenvalue weighted by Crippen LogP contribution is -1.73. The summed E-state index contributed by atoms with van der Waals surface area (Å²) >= 11 is 6.71. The highest BCUT2D eigenvalue weighted by molar-refractivity contribution is 7.03. The molecule has 0 bridgehead atoms. The molecule has 2 nitrogen and oxygen atoms in total. The van der Waals surface area contributed by atoms with Gasteiger partial charge in [-0.05, 0) is 29.7 Å². The van der Waals surface area contributed by atoms with Gasteiger partial charge in [-0.25, -0.2) is 0 Å². The summed E-state index contributed by atoms with van der Waals surface area (Å²) < 4.78 is 3.72. The van der Waals surface area contributed by atoms with Crippen LogP contribution in [0.1, 0.15) is 13.8 Å². The third-order valence-electron chi connectivity index (χ3n) is 1.92. The molecule has 3 rings (SSSR count). The highest BCUT2D eigenvalue weighted by atomic mass is 35.5. The van der Waals surface area contributed by atoms with Crippen molar-refractivity contribution in [2.24, 2.45) is 0 Å². The number of pyridine rings is 1. The molecule has 0 atom stereocenters. The molecule has 0 unspecified atom stereocenters. The monoisotopic (exact) mass is 278 g/mol.